The van der Waals surface area contributed by atoms with E-state index < -0.39 is 0 Å². The Balaban J connectivity index is 1.81. The molecule has 2 aliphatic heterocycles. The fourth-order valence-corrected chi connectivity index (χ4v) is 6.28. The SMILES string of the molecule is CCN1CCN(c2c(C=C3SC(=S)N(C(C)c4ccccc4)C3=O)c(C)c(C#N)c(=O)n2CC)CC1. The Morgan fingerprint density at radius 1 is 1.11 bits per heavy atom. The van der Waals surface area contributed by atoms with Crippen LogP contribution in [-0.2, 0) is 11.3 Å². The number of rotatable bonds is 6. The molecule has 7 nitrogen and oxygen atoms in total. The molecule has 1 unspecified atom stereocenters. The first-order valence-corrected chi connectivity index (χ1v) is 13.5. The molecule has 188 valence electrons. The number of nitrogens with zero attached hydrogens (tertiary/aromatic N) is 5. The summed E-state index contributed by atoms with van der Waals surface area (Å²) >= 11 is 6.90. The number of hydrogen-bond donors (Lipinski definition) is 0. The first-order chi connectivity index (χ1) is 17.3. The van der Waals surface area contributed by atoms with Gasteiger partial charge in [0.1, 0.15) is 21.8 Å². The van der Waals surface area contributed by atoms with E-state index in [1.54, 1.807) is 16.4 Å². The Hall–Kier alpha value is -2.93. The molecule has 2 fully saturated rings. The molecular weight excluding hydrogens is 490 g/mol. The number of nitriles is 1. The van der Waals surface area contributed by atoms with Crippen molar-refractivity contribution in [3.63, 3.8) is 0 Å². The Labute approximate surface area is 222 Å². The van der Waals surface area contributed by atoms with E-state index in [0.717, 1.165) is 49.7 Å². The van der Waals surface area contributed by atoms with E-state index in [9.17, 15) is 14.9 Å². The molecule has 0 N–H and O–H groups in total. The molecule has 2 aromatic rings. The lowest BCUT2D eigenvalue weighted by Gasteiger charge is -2.37. The van der Waals surface area contributed by atoms with Crippen molar-refractivity contribution in [3.8, 4) is 6.07 Å². The van der Waals surface area contributed by atoms with Crippen molar-refractivity contribution < 1.29 is 4.79 Å². The largest absolute Gasteiger partial charge is 0.355 e. The van der Waals surface area contributed by atoms with Crippen LogP contribution in [0.1, 0.15) is 49.1 Å². The van der Waals surface area contributed by atoms with Crippen molar-refractivity contribution in [1.82, 2.24) is 14.4 Å². The quantitative estimate of drug-likeness (QED) is 0.418. The number of pyridine rings is 1. The van der Waals surface area contributed by atoms with Crippen LogP contribution in [0.3, 0.4) is 0 Å². The molecule has 3 heterocycles. The van der Waals surface area contributed by atoms with Crippen LogP contribution in [0.15, 0.2) is 40.0 Å². The van der Waals surface area contributed by atoms with Gasteiger partial charge in [-0.1, -0.05) is 61.2 Å². The highest BCUT2D eigenvalue weighted by molar-refractivity contribution is 8.26. The van der Waals surface area contributed by atoms with Gasteiger partial charge in [-0.15, -0.1) is 0 Å². The second-order valence-electron chi connectivity index (χ2n) is 8.96. The van der Waals surface area contributed by atoms with Crippen molar-refractivity contribution in [2.24, 2.45) is 0 Å². The average Bonchev–Trinajstić information content (AvgIpc) is 3.18. The predicted molar refractivity (Wildman–Crippen MR) is 150 cm³/mol. The normalized spacial score (nSPS) is 18.7. The van der Waals surface area contributed by atoms with Crippen LogP contribution in [0, 0.1) is 18.3 Å². The zero-order valence-corrected chi connectivity index (χ0v) is 22.8. The van der Waals surface area contributed by atoms with Crippen LogP contribution in [-0.4, -0.2) is 57.3 Å². The van der Waals surface area contributed by atoms with Crippen LogP contribution in [0.25, 0.3) is 6.08 Å². The molecule has 0 bridgehead atoms. The number of anilines is 1. The molecule has 4 rings (SSSR count). The van der Waals surface area contributed by atoms with Crippen molar-refractivity contribution >= 4 is 46.1 Å². The van der Waals surface area contributed by atoms with Gasteiger partial charge < -0.3 is 9.80 Å². The Morgan fingerprint density at radius 3 is 2.36 bits per heavy atom. The summed E-state index contributed by atoms with van der Waals surface area (Å²) in [5.41, 5.74) is 2.18. The number of thioether (sulfide) groups is 1. The number of carbonyl (C=O) groups excluding carboxylic acids is 1. The van der Waals surface area contributed by atoms with Gasteiger partial charge in [0.05, 0.1) is 10.9 Å². The van der Waals surface area contributed by atoms with Gasteiger partial charge in [0.2, 0.25) is 0 Å². The Morgan fingerprint density at radius 2 is 1.78 bits per heavy atom. The lowest BCUT2D eigenvalue weighted by molar-refractivity contribution is -0.123. The molecule has 0 radical (unpaired) electrons. The van der Waals surface area contributed by atoms with Crippen LogP contribution in [0.2, 0.25) is 0 Å². The second-order valence-corrected chi connectivity index (χ2v) is 10.6. The first-order valence-electron chi connectivity index (χ1n) is 12.3. The first kappa shape index (κ1) is 26.1. The molecule has 0 saturated carbocycles. The molecule has 0 aliphatic carbocycles. The molecule has 2 saturated heterocycles. The van der Waals surface area contributed by atoms with Gasteiger partial charge >= 0.3 is 0 Å². The van der Waals surface area contributed by atoms with E-state index in [0.29, 0.717) is 21.3 Å². The van der Waals surface area contributed by atoms with E-state index in [2.05, 4.69) is 22.8 Å². The van der Waals surface area contributed by atoms with E-state index in [4.69, 9.17) is 12.2 Å². The minimum atomic E-state index is -0.284. The Kier molecular flexibility index (Phi) is 7.98. The third-order valence-electron chi connectivity index (χ3n) is 7.05. The highest BCUT2D eigenvalue weighted by atomic mass is 32.2. The highest BCUT2D eigenvalue weighted by Crippen LogP contribution is 2.39. The number of piperazine rings is 1. The van der Waals surface area contributed by atoms with Crippen LogP contribution in [0.4, 0.5) is 5.82 Å². The van der Waals surface area contributed by atoms with Gasteiger partial charge in [-0.3, -0.25) is 19.1 Å². The molecular formula is C27H31N5O2S2. The summed E-state index contributed by atoms with van der Waals surface area (Å²) in [7, 11) is 0. The van der Waals surface area contributed by atoms with E-state index in [1.807, 2.05) is 50.3 Å². The van der Waals surface area contributed by atoms with E-state index in [-0.39, 0.29) is 23.1 Å². The maximum absolute atomic E-state index is 13.6. The van der Waals surface area contributed by atoms with Crippen LogP contribution < -0.4 is 10.5 Å². The second kappa shape index (κ2) is 11.0. The third-order valence-corrected chi connectivity index (χ3v) is 8.38. The highest BCUT2D eigenvalue weighted by Gasteiger charge is 2.37. The number of carbonyl (C=O) groups is 1. The number of likely N-dealkylation sites (N-methyl/N-ethyl adjacent to an activating group) is 1. The van der Waals surface area contributed by atoms with Gasteiger partial charge in [0.25, 0.3) is 11.5 Å². The standard InChI is InChI=1S/C27H31N5O2S2/c1-5-29-12-14-30(15-13-29)24-21(18(3)22(17-28)25(33)31(24)6-2)16-23-26(34)32(27(35)36-23)19(4)20-10-8-7-9-11-20/h7-11,16,19H,5-6,12-15H2,1-4H3. The zero-order chi connectivity index (χ0) is 26.0. The average molecular weight is 522 g/mol. The van der Waals surface area contributed by atoms with Crippen molar-refractivity contribution in [3.05, 3.63) is 67.8 Å². The van der Waals surface area contributed by atoms with E-state index >= 15 is 0 Å². The summed E-state index contributed by atoms with van der Waals surface area (Å²) in [5.74, 6) is 0.617. The Bertz CT molecular complexity index is 1300. The van der Waals surface area contributed by atoms with E-state index in [1.165, 1.54) is 11.8 Å². The molecule has 1 aromatic heterocycles. The van der Waals surface area contributed by atoms with Gasteiger partial charge in [-0.05, 0) is 44.5 Å². The minimum absolute atomic E-state index is 0.118. The smallest absolute Gasteiger partial charge is 0.270 e. The van der Waals surface area contributed by atoms with Crippen LogP contribution in [0.5, 0.6) is 0 Å². The lowest BCUT2D eigenvalue weighted by atomic mass is 10.0. The van der Waals surface area contributed by atoms with Crippen LogP contribution >= 0.6 is 24.0 Å². The molecule has 0 spiro atoms. The van der Waals surface area contributed by atoms with Gasteiger partial charge in [0, 0.05) is 38.3 Å². The maximum Gasteiger partial charge on any atom is 0.270 e. The summed E-state index contributed by atoms with van der Waals surface area (Å²) in [6.45, 7) is 12.6. The summed E-state index contributed by atoms with van der Waals surface area (Å²) in [5, 5.41) is 9.80. The summed E-state index contributed by atoms with van der Waals surface area (Å²) in [4.78, 5) is 33.5. The van der Waals surface area contributed by atoms with Gasteiger partial charge in [0.15, 0.2) is 0 Å². The molecule has 1 aromatic carbocycles. The number of aromatic nitrogens is 1. The molecule has 9 heteroatoms. The lowest BCUT2D eigenvalue weighted by Crippen LogP contribution is -2.48. The molecule has 2 aliphatic rings. The number of hydrogen-bond acceptors (Lipinski definition) is 7. The summed E-state index contributed by atoms with van der Waals surface area (Å²) < 4.78 is 2.18. The van der Waals surface area contributed by atoms with Crippen molar-refractivity contribution in [2.75, 3.05) is 37.6 Å². The summed E-state index contributed by atoms with van der Waals surface area (Å²) in [6, 6.07) is 11.7. The third kappa shape index (κ3) is 4.73. The minimum Gasteiger partial charge on any atom is -0.355 e. The fourth-order valence-electron chi connectivity index (χ4n) is 4.88. The number of amides is 1. The van der Waals surface area contributed by atoms with Gasteiger partial charge in [-0.2, -0.15) is 5.26 Å². The molecule has 1 atom stereocenters. The maximum atomic E-state index is 13.6. The zero-order valence-electron chi connectivity index (χ0n) is 21.2. The van der Waals surface area contributed by atoms with Gasteiger partial charge in [-0.25, -0.2) is 0 Å². The van der Waals surface area contributed by atoms with Crippen molar-refractivity contribution in [2.45, 2.75) is 40.3 Å². The topological polar surface area (TPSA) is 72.6 Å². The molecule has 1 amide bonds. The molecule has 36 heavy (non-hydrogen) atoms. The van der Waals surface area contributed by atoms with Crippen molar-refractivity contribution in [1.29, 1.82) is 5.26 Å². The number of benzene rings is 1. The fraction of sp³-hybridized carbons (Fsp3) is 0.407. The predicted octanol–water partition coefficient (Wildman–Crippen LogP) is 4.15. The number of thiocarbonyl (C=S) groups is 1. The summed E-state index contributed by atoms with van der Waals surface area (Å²) in [6.07, 6.45) is 1.83. The monoisotopic (exact) mass is 521 g/mol.